The third-order valence-electron chi connectivity index (χ3n) is 3.74. The summed E-state index contributed by atoms with van der Waals surface area (Å²) in [6.07, 6.45) is 4.90. The molecule has 1 aromatic rings. The van der Waals surface area contributed by atoms with Crippen LogP contribution in [0.5, 0.6) is 5.75 Å². The van der Waals surface area contributed by atoms with Gasteiger partial charge in [-0.2, -0.15) is 0 Å². The van der Waals surface area contributed by atoms with Gasteiger partial charge in [0.15, 0.2) is 0 Å². The van der Waals surface area contributed by atoms with Crippen LogP contribution in [0.2, 0.25) is 5.02 Å². The number of piperidine rings is 1. The van der Waals surface area contributed by atoms with Crippen molar-refractivity contribution in [2.45, 2.75) is 38.8 Å². The van der Waals surface area contributed by atoms with E-state index in [4.69, 9.17) is 22.1 Å². The monoisotopic (exact) mass is 383 g/mol. The summed E-state index contributed by atoms with van der Waals surface area (Å²) in [4.78, 5) is 18.0. The number of rotatable bonds is 4. The molecule has 1 saturated heterocycles. The number of carbonyl (C=O) groups excluding carboxylic acids is 1. The van der Waals surface area contributed by atoms with E-state index in [0.29, 0.717) is 23.9 Å². The predicted molar refractivity (Wildman–Crippen MR) is 96.8 cm³/mol. The van der Waals surface area contributed by atoms with Gasteiger partial charge in [0.05, 0.1) is 17.3 Å². The van der Waals surface area contributed by atoms with Crippen LogP contribution >= 0.6 is 36.4 Å². The Kier molecular flexibility index (Phi) is 9.85. The Labute approximate surface area is 154 Å². The van der Waals surface area contributed by atoms with Crippen LogP contribution in [-0.4, -0.2) is 41.0 Å². The van der Waals surface area contributed by atoms with Gasteiger partial charge in [0, 0.05) is 38.2 Å². The third kappa shape index (κ3) is 6.34. The lowest BCUT2D eigenvalue weighted by atomic mass is 10.0. The molecule has 1 aromatic heterocycles. The second kappa shape index (κ2) is 10.2. The third-order valence-corrected chi connectivity index (χ3v) is 3.95. The van der Waals surface area contributed by atoms with Crippen molar-refractivity contribution in [2.75, 3.05) is 13.1 Å². The van der Waals surface area contributed by atoms with Gasteiger partial charge in [0.1, 0.15) is 11.9 Å². The van der Waals surface area contributed by atoms with Crippen LogP contribution in [-0.2, 0) is 4.79 Å². The average molecular weight is 385 g/mol. The minimum absolute atomic E-state index is 0. The number of hydrogen-bond acceptors (Lipinski definition) is 4. The smallest absolute Gasteiger partial charge is 0.239 e. The van der Waals surface area contributed by atoms with E-state index >= 15 is 0 Å². The van der Waals surface area contributed by atoms with E-state index in [-0.39, 0.29) is 42.7 Å². The van der Waals surface area contributed by atoms with Gasteiger partial charge >= 0.3 is 0 Å². The molecule has 0 spiro atoms. The number of halogens is 3. The second-order valence-electron chi connectivity index (χ2n) is 5.75. The highest BCUT2D eigenvalue weighted by atomic mass is 35.5. The summed E-state index contributed by atoms with van der Waals surface area (Å²) in [6, 6.07) is 1.33. The van der Waals surface area contributed by atoms with E-state index in [1.165, 1.54) is 0 Å². The Morgan fingerprint density at radius 2 is 1.96 bits per heavy atom. The van der Waals surface area contributed by atoms with Gasteiger partial charge in [-0.1, -0.05) is 25.4 Å². The maximum absolute atomic E-state index is 12.2. The van der Waals surface area contributed by atoms with E-state index in [9.17, 15) is 4.79 Å². The molecule has 0 unspecified atom stereocenters. The Morgan fingerprint density at radius 1 is 1.35 bits per heavy atom. The zero-order valence-electron chi connectivity index (χ0n) is 13.3. The summed E-state index contributed by atoms with van der Waals surface area (Å²) in [5.74, 6) is 0.864. The maximum atomic E-state index is 12.2. The summed E-state index contributed by atoms with van der Waals surface area (Å²) in [7, 11) is 0. The van der Waals surface area contributed by atoms with Gasteiger partial charge in [-0.25, -0.2) is 0 Å². The van der Waals surface area contributed by atoms with Crippen molar-refractivity contribution in [1.82, 2.24) is 9.88 Å². The molecule has 8 heteroatoms. The van der Waals surface area contributed by atoms with Crippen molar-refractivity contribution >= 4 is 42.3 Å². The number of ether oxygens (including phenoxy) is 1. The van der Waals surface area contributed by atoms with Crippen molar-refractivity contribution in [3.05, 3.63) is 23.5 Å². The molecule has 1 aliphatic rings. The Bertz CT molecular complexity index is 495. The minimum Gasteiger partial charge on any atom is -0.489 e. The summed E-state index contributed by atoms with van der Waals surface area (Å²) in [5.41, 5.74) is 5.92. The Balaban J connectivity index is 0.00000242. The van der Waals surface area contributed by atoms with Gasteiger partial charge < -0.3 is 15.4 Å². The van der Waals surface area contributed by atoms with Crippen LogP contribution in [0.25, 0.3) is 0 Å². The number of carbonyl (C=O) groups is 1. The molecule has 2 heterocycles. The topological polar surface area (TPSA) is 68.5 Å². The van der Waals surface area contributed by atoms with E-state index in [0.717, 1.165) is 12.8 Å². The number of aromatic nitrogens is 1. The standard InChI is InChI=1S/C15H22ClN3O2.2ClH/c1-10(2)14(17)15(20)19-5-3-12(4-6-19)21-13-7-11(16)8-18-9-13;;/h7-10,12,14H,3-6,17H2,1-2H3;2*1H/t14-;;/m0../s1. The Morgan fingerprint density at radius 3 is 2.48 bits per heavy atom. The maximum Gasteiger partial charge on any atom is 0.239 e. The highest BCUT2D eigenvalue weighted by Crippen LogP contribution is 2.21. The first-order chi connectivity index (χ1) is 9.97. The lowest BCUT2D eigenvalue weighted by Crippen LogP contribution is -2.50. The lowest BCUT2D eigenvalue weighted by molar-refractivity contribution is -0.135. The molecule has 1 atom stereocenters. The number of nitrogens with zero attached hydrogens (tertiary/aromatic N) is 2. The van der Waals surface area contributed by atoms with E-state index in [1.54, 1.807) is 18.5 Å². The molecular weight excluding hydrogens is 361 g/mol. The van der Waals surface area contributed by atoms with Gasteiger partial charge in [-0.3, -0.25) is 9.78 Å². The average Bonchev–Trinajstić information content (AvgIpc) is 2.46. The van der Waals surface area contributed by atoms with Gasteiger partial charge in [-0.05, 0) is 5.92 Å². The van der Waals surface area contributed by atoms with Crippen molar-refractivity contribution in [1.29, 1.82) is 0 Å². The fourth-order valence-electron chi connectivity index (χ4n) is 2.34. The second-order valence-corrected chi connectivity index (χ2v) is 6.19. The van der Waals surface area contributed by atoms with Gasteiger partial charge in [-0.15, -0.1) is 24.8 Å². The van der Waals surface area contributed by atoms with Crippen molar-refractivity contribution in [3.63, 3.8) is 0 Å². The van der Waals surface area contributed by atoms with Crippen LogP contribution < -0.4 is 10.5 Å². The molecule has 1 amide bonds. The summed E-state index contributed by atoms with van der Waals surface area (Å²) < 4.78 is 5.86. The van der Waals surface area contributed by atoms with Crippen LogP contribution in [0.4, 0.5) is 0 Å². The normalized spacial score (nSPS) is 16.3. The van der Waals surface area contributed by atoms with Crippen LogP contribution in [0, 0.1) is 5.92 Å². The van der Waals surface area contributed by atoms with E-state index < -0.39 is 6.04 Å². The fourth-order valence-corrected chi connectivity index (χ4v) is 2.50. The number of nitrogens with two attached hydrogens (primary N) is 1. The molecule has 0 bridgehead atoms. The molecule has 2 N–H and O–H groups in total. The predicted octanol–water partition coefficient (Wildman–Crippen LogP) is 2.93. The Hall–Kier alpha value is -0.750. The molecule has 2 rings (SSSR count). The summed E-state index contributed by atoms with van der Waals surface area (Å²) in [5, 5.41) is 0.558. The lowest BCUT2D eigenvalue weighted by Gasteiger charge is -2.34. The molecule has 0 radical (unpaired) electrons. The SMILES string of the molecule is CC(C)[C@H](N)C(=O)N1CCC(Oc2cncc(Cl)c2)CC1.Cl.Cl. The molecule has 0 aliphatic carbocycles. The first kappa shape index (κ1) is 22.2. The molecular formula is C15H24Cl3N3O2. The number of likely N-dealkylation sites (tertiary alicyclic amines) is 1. The molecule has 5 nitrogen and oxygen atoms in total. The molecule has 0 saturated carbocycles. The molecule has 132 valence electrons. The minimum atomic E-state index is -0.417. The van der Waals surface area contributed by atoms with Gasteiger partial charge in [0.2, 0.25) is 5.91 Å². The highest BCUT2D eigenvalue weighted by molar-refractivity contribution is 6.30. The zero-order chi connectivity index (χ0) is 15.4. The highest BCUT2D eigenvalue weighted by Gasteiger charge is 2.28. The van der Waals surface area contributed by atoms with E-state index in [1.807, 2.05) is 18.7 Å². The molecule has 1 aliphatic heterocycles. The first-order valence-corrected chi connectivity index (χ1v) is 7.66. The summed E-state index contributed by atoms with van der Waals surface area (Å²) >= 11 is 5.88. The quantitative estimate of drug-likeness (QED) is 0.866. The van der Waals surface area contributed by atoms with Crippen LogP contribution in [0.15, 0.2) is 18.5 Å². The van der Waals surface area contributed by atoms with Crippen molar-refractivity contribution in [2.24, 2.45) is 11.7 Å². The number of hydrogen-bond donors (Lipinski definition) is 1. The summed E-state index contributed by atoms with van der Waals surface area (Å²) in [6.45, 7) is 5.28. The number of amides is 1. The van der Waals surface area contributed by atoms with E-state index in [2.05, 4.69) is 4.98 Å². The molecule has 0 aromatic carbocycles. The largest absolute Gasteiger partial charge is 0.489 e. The first-order valence-electron chi connectivity index (χ1n) is 7.29. The van der Waals surface area contributed by atoms with Crippen molar-refractivity contribution < 1.29 is 9.53 Å². The van der Waals surface area contributed by atoms with Crippen LogP contribution in [0.1, 0.15) is 26.7 Å². The fraction of sp³-hybridized carbons (Fsp3) is 0.600. The van der Waals surface area contributed by atoms with Gasteiger partial charge in [0.25, 0.3) is 0 Å². The number of pyridine rings is 1. The molecule has 1 fully saturated rings. The van der Waals surface area contributed by atoms with Crippen LogP contribution in [0.3, 0.4) is 0 Å². The zero-order valence-corrected chi connectivity index (χ0v) is 15.7. The van der Waals surface area contributed by atoms with Crippen molar-refractivity contribution in [3.8, 4) is 5.75 Å². The molecule has 23 heavy (non-hydrogen) atoms.